The molecule has 1 aliphatic heterocycles. The van der Waals surface area contributed by atoms with Gasteiger partial charge in [-0.15, -0.1) is 12.3 Å². The maximum absolute atomic E-state index is 12.2. The highest BCUT2D eigenvalue weighted by Gasteiger charge is 2.23. The number of rotatable bonds is 5. The van der Waals surface area contributed by atoms with Crippen molar-refractivity contribution in [1.29, 1.82) is 0 Å². The largest absolute Gasteiger partial charge is 0.491 e. The summed E-state index contributed by atoms with van der Waals surface area (Å²) in [5.74, 6) is 3.37. The van der Waals surface area contributed by atoms with Crippen molar-refractivity contribution in [2.45, 2.75) is 19.3 Å². The highest BCUT2D eigenvalue weighted by Crippen LogP contribution is 2.44. The van der Waals surface area contributed by atoms with Crippen LogP contribution in [0.15, 0.2) is 51.2 Å². The molecule has 1 heterocycles. The summed E-state index contributed by atoms with van der Waals surface area (Å²) in [7, 11) is 0. The fourth-order valence-electron chi connectivity index (χ4n) is 3.70. The molecule has 0 saturated heterocycles. The number of ether oxygens (including phenoxy) is 1. The first-order valence-corrected chi connectivity index (χ1v) is 10.2. The maximum Gasteiger partial charge on any atom is 0.200 e. The van der Waals surface area contributed by atoms with Crippen LogP contribution in [0.5, 0.6) is 5.75 Å². The number of benzene rings is 2. The van der Waals surface area contributed by atoms with Gasteiger partial charge in [-0.2, -0.15) is 0 Å². The molecule has 0 radical (unpaired) electrons. The van der Waals surface area contributed by atoms with Crippen LogP contribution in [0.4, 0.5) is 0 Å². The lowest BCUT2D eigenvalue weighted by molar-refractivity contribution is 0.327. The zero-order chi connectivity index (χ0) is 21.3. The Morgan fingerprint density at radius 2 is 2.03 bits per heavy atom. The number of fused-ring (bicyclic) bond motifs is 2. The Morgan fingerprint density at radius 3 is 2.80 bits per heavy atom. The van der Waals surface area contributed by atoms with Gasteiger partial charge in [0, 0.05) is 35.1 Å². The molecule has 0 amide bonds. The Morgan fingerprint density at radius 1 is 1.20 bits per heavy atom. The summed E-state index contributed by atoms with van der Waals surface area (Å²) in [5, 5.41) is 11.2. The van der Waals surface area contributed by atoms with Crippen LogP contribution in [0.1, 0.15) is 24.8 Å². The molecule has 0 saturated carbocycles. The van der Waals surface area contributed by atoms with Crippen LogP contribution < -0.4 is 10.2 Å². The standard InChI is InChI=1S/C24H18Cl2O4/c1-2-3-8-29-23-12-22-17(10-19(23)26)24(15-7-5-4-6-14(15)13-27)16-9-18(25)20(28)11-21(16)30-22/h1,4,6,9-12,27H,3,5,7-8,13H2. The van der Waals surface area contributed by atoms with Crippen LogP contribution in [0.3, 0.4) is 0 Å². The van der Waals surface area contributed by atoms with Crippen molar-refractivity contribution in [2.24, 2.45) is 0 Å². The predicted octanol–water partition coefficient (Wildman–Crippen LogP) is 5.70. The van der Waals surface area contributed by atoms with Gasteiger partial charge in [-0.05, 0) is 36.1 Å². The van der Waals surface area contributed by atoms with Gasteiger partial charge in [-0.25, -0.2) is 0 Å². The molecule has 3 aliphatic rings. The molecule has 2 aliphatic carbocycles. The van der Waals surface area contributed by atoms with Crippen LogP contribution in [0.2, 0.25) is 10.0 Å². The van der Waals surface area contributed by atoms with E-state index in [1.54, 1.807) is 18.2 Å². The monoisotopic (exact) mass is 440 g/mol. The summed E-state index contributed by atoms with van der Waals surface area (Å²) in [6, 6.07) is 6.47. The van der Waals surface area contributed by atoms with Crippen molar-refractivity contribution < 1.29 is 14.3 Å². The van der Waals surface area contributed by atoms with E-state index in [4.69, 9.17) is 38.8 Å². The van der Waals surface area contributed by atoms with Crippen LogP contribution >= 0.6 is 23.2 Å². The first-order chi connectivity index (χ1) is 14.5. The Labute approximate surface area is 183 Å². The molecule has 4 rings (SSSR count). The molecular weight excluding hydrogens is 423 g/mol. The van der Waals surface area contributed by atoms with E-state index < -0.39 is 0 Å². The molecular formula is C24H18Cl2O4. The van der Waals surface area contributed by atoms with Gasteiger partial charge in [-0.3, -0.25) is 4.79 Å². The molecule has 4 nitrogen and oxygen atoms in total. The molecule has 1 aromatic carbocycles. The topological polar surface area (TPSA) is 59.7 Å². The third-order valence-corrected chi connectivity index (χ3v) is 5.66. The minimum absolute atomic E-state index is 0.102. The highest BCUT2D eigenvalue weighted by molar-refractivity contribution is 6.33. The fourth-order valence-corrected chi connectivity index (χ4v) is 4.08. The summed E-state index contributed by atoms with van der Waals surface area (Å²) in [6.45, 7) is 0.225. The number of aliphatic hydroxyl groups is 1. The molecule has 0 unspecified atom stereocenters. The molecule has 0 aromatic heterocycles. The second-order valence-electron chi connectivity index (χ2n) is 6.94. The molecule has 152 valence electrons. The van der Waals surface area contributed by atoms with E-state index in [2.05, 4.69) is 5.92 Å². The number of aliphatic hydroxyl groups excluding tert-OH is 1. The van der Waals surface area contributed by atoms with Gasteiger partial charge in [-0.1, -0.05) is 35.4 Å². The molecule has 1 aromatic rings. The lowest BCUT2D eigenvalue weighted by Crippen LogP contribution is -2.06. The molecule has 0 spiro atoms. The van der Waals surface area contributed by atoms with Crippen molar-refractivity contribution in [2.75, 3.05) is 13.2 Å². The van der Waals surface area contributed by atoms with Crippen molar-refractivity contribution in [1.82, 2.24) is 0 Å². The van der Waals surface area contributed by atoms with Crippen LogP contribution in [0, 0.1) is 12.3 Å². The van der Waals surface area contributed by atoms with Gasteiger partial charge in [0.05, 0.1) is 23.3 Å². The molecule has 0 atom stereocenters. The average Bonchev–Trinajstić information content (AvgIpc) is 2.74. The summed E-state index contributed by atoms with van der Waals surface area (Å²) in [4.78, 5) is 12.2. The summed E-state index contributed by atoms with van der Waals surface area (Å²) < 4.78 is 11.7. The average molecular weight is 441 g/mol. The third-order valence-electron chi connectivity index (χ3n) is 5.07. The SMILES string of the molecule is C#CCCOc1cc2oc3cc(=O)c(Cl)cc-3c(C3=C(CO)C=CCC3)c2cc1Cl. The van der Waals surface area contributed by atoms with E-state index in [0.29, 0.717) is 40.7 Å². The summed E-state index contributed by atoms with van der Waals surface area (Å²) >= 11 is 12.6. The van der Waals surface area contributed by atoms with Gasteiger partial charge in [0.25, 0.3) is 0 Å². The Bertz CT molecular complexity index is 1260. The van der Waals surface area contributed by atoms with E-state index in [1.165, 1.54) is 6.07 Å². The number of halogens is 2. The second kappa shape index (κ2) is 8.57. The maximum atomic E-state index is 12.2. The van der Waals surface area contributed by atoms with E-state index >= 15 is 0 Å². The van der Waals surface area contributed by atoms with E-state index in [0.717, 1.165) is 34.9 Å². The van der Waals surface area contributed by atoms with Crippen LogP contribution in [0.25, 0.3) is 27.9 Å². The first-order valence-electron chi connectivity index (χ1n) is 9.49. The van der Waals surface area contributed by atoms with Crippen molar-refractivity contribution in [3.63, 3.8) is 0 Å². The Hall–Kier alpha value is -2.71. The molecule has 6 heteroatoms. The van der Waals surface area contributed by atoms with E-state index in [1.807, 2.05) is 12.2 Å². The van der Waals surface area contributed by atoms with Crippen molar-refractivity contribution >= 4 is 39.7 Å². The van der Waals surface area contributed by atoms with E-state index in [9.17, 15) is 9.90 Å². The van der Waals surface area contributed by atoms with E-state index in [-0.39, 0.29) is 17.1 Å². The zero-order valence-corrected chi connectivity index (χ0v) is 17.5. The molecule has 30 heavy (non-hydrogen) atoms. The van der Waals surface area contributed by atoms with Crippen LogP contribution in [-0.4, -0.2) is 18.3 Å². The molecule has 0 bridgehead atoms. The Kier molecular flexibility index (Phi) is 5.87. The van der Waals surface area contributed by atoms with Gasteiger partial charge >= 0.3 is 0 Å². The third kappa shape index (κ3) is 3.73. The zero-order valence-electron chi connectivity index (χ0n) is 16.0. The molecule has 1 N–H and O–H groups in total. The van der Waals surface area contributed by atoms with Crippen molar-refractivity contribution in [3.8, 4) is 29.4 Å². The summed E-state index contributed by atoms with van der Waals surface area (Å²) in [6.07, 6.45) is 11.3. The summed E-state index contributed by atoms with van der Waals surface area (Å²) in [5.41, 5.74) is 3.51. The minimum Gasteiger partial charge on any atom is -0.491 e. The number of terminal acetylenes is 1. The highest BCUT2D eigenvalue weighted by atomic mass is 35.5. The van der Waals surface area contributed by atoms with Gasteiger partial charge in [0.15, 0.2) is 0 Å². The number of hydrogen-bond donors (Lipinski definition) is 1. The normalized spacial score (nSPS) is 13.8. The first kappa shape index (κ1) is 20.6. The minimum atomic E-state index is -0.322. The number of hydrogen-bond acceptors (Lipinski definition) is 4. The molecule has 0 fully saturated rings. The number of allylic oxidation sites excluding steroid dienone is 2. The second-order valence-corrected chi connectivity index (χ2v) is 7.75. The lowest BCUT2D eigenvalue weighted by Gasteiger charge is -2.22. The lowest BCUT2D eigenvalue weighted by atomic mass is 9.86. The van der Waals surface area contributed by atoms with Gasteiger partial charge in [0.2, 0.25) is 5.43 Å². The smallest absolute Gasteiger partial charge is 0.200 e. The van der Waals surface area contributed by atoms with Gasteiger partial charge in [0.1, 0.15) is 17.1 Å². The Balaban J connectivity index is 2.06. The fraction of sp³-hybridized carbons (Fsp3) is 0.208. The quantitative estimate of drug-likeness (QED) is 0.313. The van der Waals surface area contributed by atoms with Gasteiger partial charge < -0.3 is 14.3 Å². The van der Waals surface area contributed by atoms with Crippen LogP contribution in [-0.2, 0) is 0 Å². The predicted molar refractivity (Wildman–Crippen MR) is 120 cm³/mol. The van der Waals surface area contributed by atoms with Crippen molar-refractivity contribution in [3.05, 3.63) is 67.8 Å².